The minimum absolute atomic E-state index is 0.101. The first-order valence-corrected chi connectivity index (χ1v) is 23.5. The topological polar surface area (TPSA) is 78.9 Å². The van der Waals surface area contributed by atoms with Crippen LogP contribution in [-0.2, 0) is 28.6 Å². The molecule has 0 spiro atoms. The Labute approximate surface area is 351 Å². The summed E-state index contributed by atoms with van der Waals surface area (Å²) in [7, 11) is 0. The Morgan fingerprint density at radius 2 is 0.772 bits per heavy atom. The lowest BCUT2D eigenvalue weighted by Crippen LogP contribution is -2.30. The zero-order chi connectivity index (χ0) is 41.5. The summed E-state index contributed by atoms with van der Waals surface area (Å²) in [6, 6.07) is 0. The minimum Gasteiger partial charge on any atom is -0.462 e. The van der Waals surface area contributed by atoms with Crippen LogP contribution in [0.2, 0.25) is 0 Å². The summed E-state index contributed by atoms with van der Waals surface area (Å²) in [5, 5.41) is 0. The van der Waals surface area contributed by atoms with Crippen molar-refractivity contribution in [3.8, 4) is 0 Å². The third-order valence-corrected chi connectivity index (χ3v) is 9.80. The van der Waals surface area contributed by atoms with Crippen molar-refractivity contribution in [2.45, 2.75) is 219 Å². The largest absolute Gasteiger partial charge is 0.462 e. The van der Waals surface area contributed by atoms with Crippen LogP contribution >= 0.6 is 0 Å². The van der Waals surface area contributed by atoms with E-state index < -0.39 is 6.10 Å². The van der Waals surface area contributed by atoms with Crippen molar-refractivity contribution in [2.24, 2.45) is 0 Å². The number of hydrogen-bond donors (Lipinski definition) is 0. The van der Waals surface area contributed by atoms with Gasteiger partial charge in [-0.15, -0.1) is 0 Å². The molecule has 6 nitrogen and oxygen atoms in total. The Bertz CT molecular complexity index is 1100. The number of esters is 3. The van der Waals surface area contributed by atoms with Gasteiger partial charge in [0.15, 0.2) is 6.10 Å². The van der Waals surface area contributed by atoms with Crippen LogP contribution in [-0.4, -0.2) is 37.2 Å². The maximum atomic E-state index is 12.7. The molecule has 0 aliphatic rings. The molecule has 6 heteroatoms. The number of ether oxygens (including phenoxy) is 3. The molecule has 0 fully saturated rings. The lowest BCUT2D eigenvalue weighted by Gasteiger charge is -2.18. The number of allylic oxidation sites excluding steroid dienone is 12. The fourth-order valence-electron chi connectivity index (χ4n) is 6.31. The second-order valence-electron chi connectivity index (χ2n) is 15.4. The highest BCUT2D eigenvalue weighted by atomic mass is 16.6. The molecular weight excluding hydrogens is 709 g/mol. The molecular formula is C51H86O6. The molecule has 0 rings (SSSR count). The van der Waals surface area contributed by atoms with Gasteiger partial charge in [-0.2, -0.15) is 0 Å². The Kier molecular flexibility index (Phi) is 43.0. The number of hydrogen-bond acceptors (Lipinski definition) is 6. The van der Waals surface area contributed by atoms with E-state index in [1.165, 1.54) is 89.9 Å². The van der Waals surface area contributed by atoms with Crippen LogP contribution in [0.4, 0.5) is 0 Å². The summed E-state index contributed by atoms with van der Waals surface area (Å²) < 4.78 is 16.6. The van der Waals surface area contributed by atoms with Gasteiger partial charge in [0.05, 0.1) is 0 Å². The second-order valence-corrected chi connectivity index (χ2v) is 15.4. The van der Waals surface area contributed by atoms with Crippen LogP contribution in [0.3, 0.4) is 0 Å². The number of carbonyl (C=O) groups excluding carboxylic acids is 3. The van der Waals surface area contributed by atoms with Crippen molar-refractivity contribution in [1.82, 2.24) is 0 Å². The number of unbranched alkanes of at least 4 members (excludes halogenated alkanes) is 21. The van der Waals surface area contributed by atoms with E-state index in [0.29, 0.717) is 19.3 Å². The standard InChI is InChI=1S/C51H86O6/c1-4-7-10-13-16-19-21-23-24-25-26-28-29-32-35-38-41-44-50(53)56-47-48(46-55-49(52)43-40-37-34-31-18-15-12-9-6-3)57-51(54)45-42-39-36-33-30-27-22-20-17-14-11-8-5-2/h8-9,11-12,14,17-18,20,22,27,30-31,48H,4-7,10,13,15-16,19,21,23-26,28-29,32-47H2,1-3H3/b11-8-,12-9-,17-14-,22-20-,30-27-,31-18-. The van der Waals surface area contributed by atoms with Gasteiger partial charge < -0.3 is 14.2 Å². The van der Waals surface area contributed by atoms with Crippen molar-refractivity contribution >= 4 is 17.9 Å². The van der Waals surface area contributed by atoms with Gasteiger partial charge in [-0.05, 0) is 64.2 Å². The number of carbonyl (C=O) groups is 3. The molecule has 0 radical (unpaired) electrons. The SMILES string of the molecule is CC\C=C/C=C\C=C/C=C\CCCCCC(=O)OC(COC(=O)CCCC/C=C\C/C=C\CC)COC(=O)CCCCCCCCCCCCCCCCCCC. The van der Waals surface area contributed by atoms with Gasteiger partial charge in [0.1, 0.15) is 13.2 Å². The molecule has 1 atom stereocenters. The van der Waals surface area contributed by atoms with Crippen LogP contribution in [0, 0.1) is 0 Å². The summed E-state index contributed by atoms with van der Waals surface area (Å²) in [6.45, 7) is 6.30. The van der Waals surface area contributed by atoms with Crippen molar-refractivity contribution in [3.63, 3.8) is 0 Å². The summed E-state index contributed by atoms with van der Waals surface area (Å²) in [5.41, 5.74) is 0. The number of rotatable bonds is 41. The summed E-state index contributed by atoms with van der Waals surface area (Å²) in [4.78, 5) is 37.7. The van der Waals surface area contributed by atoms with Crippen LogP contribution in [0.5, 0.6) is 0 Å². The monoisotopic (exact) mass is 795 g/mol. The average molecular weight is 795 g/mol. The van der Waals surface area contributed by atoms with Crippen LogP contribution < -0.4 is 0 Å². The Balaban J connectivity index is 4.38. The highest BCUT2D eigenvalue weighted by Gasteiger charge is 2.19. The molecule has 0 bridgehead atoms. The predicted octanol–water partition coefficient (Wildman–Crippen LogP) is 15.1. The van der Waals surface area contributed by atoms with E-state index >= 15 is 0 Å². The molecule has 0 heterocycles. The molecule has 0 aliphatic heterocycles. The summed E-state index contributed by atoms with van der Waals surface area (Å²) in [5.74, 6) is -0.981. The second kappa shape index (κ2) is 45.6. The van der Waals surface area contributed by atoms with E-state index in [1.807, 2.05) is 36.5 Å². The van der Waals surface area contributed by atoms with Crippen LogP contribution in [0.1, 0.15) is 213 Å². The normalized spacial score (nSPS) is 12.7. The average Bonchev–Trinajstić information content (AvgIpc) is 3.21. The quantitative estimate of drug-likeness (QED) is 0.0202. The third-order valence-electron chi connectivity index (χ3n) is 9.80. The first-order chi connectivity index (χ1) is 28.0. The minimum atomic E-state index is -0.804. The van der Waals surface area contributed by atoms with Crippen LogP contribution in [0.25, 0.3) is 0 Å². The molecule has 0 aromatic carbocycles. The van der Waals surface area contributed by atoms with E-state index in [0.717, 1.165) is 77.0 Å². The first kappa shape index (κ1) is 53.9. The molecule has 0 N–H and O–H groups in total. The van der Waals surface area contributed by atoms with E-state index in [1.54, 1.807) is 0 Å². The van der Waals surface area contributed by atoms with Crippen molar-refractivity contribution in [1.29, 1.82) is 0 Å². The summed E-state index contributed by atoms with van der Waals surface area (Å²) >= 11 is 0. The van der Waals surface area contributed by atoms with Gasteiger partial charge in [-0.3, -0.25) is 14.4 Å². The van der Waals surface area contributed by atoms with Gasteiger partial charge in [-0.25, -0.2) is 0 Å². The highest BCUT2D eigenvalue weighted by Crippen LogP contribution is 2.15. The molecule has 1 unspecified atom stereocenters. The molecule has 0 aliphatic carbocycles. The molecule has 0 aromatic heterocycles. The smallest absolute Gasteiger partial charge is 0.306 e. The molecule has 0 saturated heterocycles. The fraction of sp³-hybridized carbons (Fsp3) is 0.706. The van der Waals surface area contributed by atoms with Crippen LogP contribution in [0.15, 0.2) is 72.9 Å². The maximum absolute atomic E-state index is 12.7. The van der Waals surface area contributed by atoms with E-state index in [4.69, 9.17) is 14.2 Å². The molecule has 57 heavy (non-hydrogen) atoms. The Morgan fingerprint density at radius 3 is 1.30 bits per heavy atom. The van der Waals surface area contributed by atoms with Gasteiger partial charge in [0.25, 0.3) is 0 Å². The third kappa shape index (κ3) is 43.8. The van der Waals surface area contributed by atoms with Crippen molar-refractivity contribution < 1.29 is 28.6 Å². The van der Waals surface area contributed by atoms with Gasteiger partial charge in [0, 0.05) is 19.3 Å². The van der Waals surface area contributed by atoms with Gasteiger partial charge >= 0.3 is 17.9 Å². The first-order valence-electron chi connectivity index (χ1n) is 23.5. The van der Waals surface area contributed by atoms with E-state index in [9.17, 15) is 14.4 Å². The molecule has 0 aromatic rings. The predicted molar refractivity (Wildman–Crippen MR) is 242 cm³/mol. The Morgan fingerprint density at radius 1 is 0.386 bits per heavy atom. The lowest BCUT2D eigenvalue weighted by molar-refractivity contribution is -0.167. The highest BCUT2D eigenvalue weighted by molar-refractivity contribution is 5.71. The fourth-order valence-corrected chi connectivity index (χ4v) is 6.31. The molecule has 326 valence electrons. The van der Waals surface area contributed by atoms with Gasteiger partial charge in [0.2, 0.25) is 0 Å². The Hall–Kier alpha value is -3.15. The zero-order valence-electron chi connectivity index (χ0n) is 37.1. The van der Waals surface area contributed by atoms with Gasteiger partial charge in [-0.1, -0.05) is 203 Å². The summed E-state index contributed by atoms with van der Waals surface area (Å²) in [6.07, 6.45) is 56.2. The van der Waals surface area contributed by atoms with E-state index in [-0.39, 0.29) is 37.5 Å². The van der Waals surface area contributed by atoms with E-state index in [2.05, 4.69) is 57.2 Å². The van der Waals surface area contributed by atoms with Crippen molar-refractivity contribution in [3.05, 3.63) is 72.9 Å². The lowest BCUT2D eigenvalue weighted by atomic mass is 10.0. The van der Waals surface area contributed by atoms with Crippen molar-refractivity contribution in [2.75, 3.05) is 13.2 Å². The molecule has 0 amide bonds. The zero-order valence-corrected chi connectivity index (χ0v) is 37.1. The maximum Gasteiger partial charge on any atom is 0.306 e. The molecule has 0 saturated carbocycles.